The Labute approximate surface area is 129 Å². The minimum atomic E-state index is -0.487. The summed E-state index contributed by atoms with van der Waals surface area (Å²) in [6, 6.07) is 8.47. The highest BCUT2D eigenvalue weighted by molar-refractivity contribution is 5.27. The maximum atomic E-state index is 9.90. The molecule has 2 atom stereocenters. The standard InChI is InChI=1S/C17H30N2O2/c1-5-15(3)19(4)10-9-18-12-16(20)13-21-17-8-6-7-14(2)11-17/h6-8,11,15-16,18,20H,5,9-10,12-13H2,1-4H3. The molecule has 2 N–H and O–H groups in total. The van der Waals surface area contributed by atoms with E-state index in [1.165, 1.54) is 0 Å². The van der Waals surface area contributed by atoms with Gasteiger partial charge in [-0.25, -0.2) is 0 Å². The van der Waals surface area contributed by atoms with Crippen molar-refractivity contribution in [1.29, 1.82) is 0 Å². The molecular formula is C17H30N2O2. The molecular weight excluding hydrogens is 264 g/mol. The zero-order chi connectivity index (χ0) is 15.7. The third-order valence-corrected chi connectivity index (χ3v) is 3.80. The number of hydrogen-bond acceptors (Lipinski definition) is 4. The molecule has 0 bridgehead atoms. The molecule has 1 aromatic rings. The molecule has 0 amide bonds. The van der Waals surface area contributed by atoms with Gasteiger partial charge >= 0.3 is 0 Å². The maximum Gasteiger partial charge on any atom is 0.119 e. The van der Waals surface area contributed by atoms with Gasteiger partial charge in [0.1, 0.15) is 18.5 Å². The van der Waals surface area contributed by atoms with E-state index in [-0.39, 0.29) is 0 Å². The maximum absolute atomic E-state index is 9.90. The molecule has 0 aromatic heterocycles. The van der Waals surface area contributed by atoms with Gasteiger partial charge in [0, 0.05) is 25.7 Å². The minimum Gasteiger partial charge on any atom is -0.491 e. The average Bonchev–Trinajstić information content (AvgIpc) is 2.48. The molecule has 0 fully saturated rings. The number of hydrogen-bond donors (Lipinski definition) is 2. The van der Waals surface area contributed by atoms with Crippen LogP contribution in [0.1, 0.15) is 25.8 Å². The lowest BCUT2D eigenvalue weighted by molar-refractivity contribution is 0.105. The Morgan fingerprint density at radius 1 is 1.38 bits per heavy atom. The Morgan fingerprint density at radius 3 is 2.81 bits per heavy atom. The van der Waals surface area contributed by atoms with Crippen molar-refractivity contribution < 1.29 is 9.84 Å². The van der Waals surface area contributed by atoms with E-state index < -0.39 is 6.10 Å². The van der Waals surface area contributed by atoms with E-state index in [0.717, 1.165) is 30.8 Å². The summed E-state index contributed by atoms with van der Waals surface area (Å²) in [5.74, 6) is 0.811. The Morgan fingerprint density at radius 2 is 2.14 bits per heavy atom. The van der Waals surface area contributed by atoms with E-state index in [0.29, 0.717) is 19.2 Å². The van der Waals surface area contributed by atoms with Gasteiger partial charge in [-0.3, -0.25) is 0 Å². The molecule has 0 heterocycles. The van der Waals surface area contributed by atoms with E-state index in [1.807, 2.05) is 31.2 Å². The number of nitrogens with zero attached hydrogens (tertiary/aromatic N) is 1. The van der Waals surface area contributed by atoms with E-state index in [9.17, 15) is 5.11 Å². The van der Waals surface area contributed by atoms with Crippen molar-refractivity contribution in [3.63, 3.8) is 0 Å². The summed E-state index contributed by atoms with van der Waals surface area (Å²) in [4.78, 5) is 2.32. The summed E-state index contributed by atoms with van der Waals surface area (Å²) in [7, 11) is 2.13. The summed E-state index contributed by atoms with van der Waals surface area (Å²) in [6.07, 6.45) is 0.670. The summed E-state index contributed by atoms with van der Waals surface area (Å²) in [5, 5.41) is 13.2. The van der Waals surface area contributed by atoms with Crippen molar-refractivity contribution in [2.45, 2.75) is 39.3 Å². The van der Waals surface area contributed by atoms with Crippen molar-refractivity contribution in [3.8, 4) is 5.75 Å². The summed E-state index contributed by atoms with van der Waals surface area (Å²) >= 11 is 0. The Bertz CT molecular complexity index is 398. The van der Waals surface area contributed by atoms with Crippen LogP contribution in [0.25, 0.3) is 0 Å². The van der Waals surface area contributed by atoms with Gasteiger partial charge in [0.15, 0.2) is 0 Å². The SMILES string of the molecule is CCC(C)N(C)CCNCC(O)COc1cccc(C)c1. The Kier molecular flexibility index (Phi) is 8.35. The number of likely N-dealkylation sites (N-methyl/N-ethyl adjacent to an activating group) is 1. The number of aliphatic hydroxyl groups is 1. The minimum absolute atomic E-state index is 0.317. The number of ether oxygens (including phenoxy) is 1. The molecule has 0 aliphatic rings. The predicted octanol–water partition coefficient (Wildman–Crippen LogP) is 2.05. The Hall–Kier alpha value is -1.10. The molecule has 0 radical (unpaired) electrons. The fourth-order valence-corrected chi connectivity index (χ4v) is 2.01. The van der Waals surface area contributed by atoms with Gasteiger partial charge in [0.05, 0.1) is 0 Å². The van der Waals surface area contributed by atoms with Crippen LogP contribution in [0.4, 0.5) is 0 Å². The second-order valence-corrected chi connectivity index (χ2v) is 5.72. The van der Waals surface area contributed by atoms with Gasteiger partial charge in [0.25, 0.3) is 0 Å². The molecule has 0 aliphatic carbocycles. The molecule has 4 nitrogen and oxygen atoms in total. The smallest absolute Gasteiger partial charge is 0.119 e. The largest absolute Gasteiger partial charge is 0.491 e. The van der Waals surface area contributed by atoms with Crippen molar-refractivity contribution >= 4 is 0 Å². The van der Waals surface area contributed by atoms with Crippen LogP contribution in [0.5, 0.6) is 5.75 Å². The first-order chi connectivity index (χ1) is 10.0. The molecule has 120 valence electrons. The van der Waals surface area contributed by atoms with Gasteiger partial charge in [-0.1, -0.05) is 19.1 Å². The van der Waals surface area contributed by atoms with Crippen LogP contribution in [0.2, 0.25) is 0 Å². The van der Waals surface area contributed by atoms with E-state index in [2.05, 4.69) is 31.1 Å². The zero-order valence-corrected chi connectivity index (χ0v) is 13.8. The number of nitrogens with one attached hydrogen (secondary N) is 1. The van der Waals surface area contributed by atoms with Crippen molar-refractivity contribution in [2.24, 2.45) is 0 Å². The number of aliphatic hydroxyl groups excluding tert-OH is 1. The molecule has 1 aromatic carbocycles. The predicted molar refractivity (Wildman–Crippen MR) is 87.9 cm³/mol. The van der Waals surface area contributed by atoms with Gasteiger partial charge in [-0.15, -0.1) is 0 Å². The van der Waals surface area contributed by atoms with E-state index in [4.69, 9.17) is 4.74 Å². The van der Waals surface area contributed by atoms with Gasteiger partial charge in [0.2, 0.25) is 0 Å². The lowest BCUT2D eigenvalue weighted by Crippen LogP contribution is -2.38. The lowest BCUT2D eigenvalue weighted by Gasteiger charge is -2.23. The third kappa shape index (κ3) is 7.46. The quantitative estimate of drug-likeness (QED) is 0.648. The molecule has 21 heavy (non-hydrogen) atoms. The van der Waals surface area contributed by atoms with Crippen LogP contribution in [0.15, 0.2) is 24.3 Å². The van der Waals surface area contributed by atoms with Gasteiger partial charge in [-0.2, -0.15) is 0 Å². The second kappa shape index (κ2) is 9.77. The summed E-state index contributed by atoms with van der Waals surface area (Å²) in [5.41, 5.74) is 1.16. The highest BCUT2D eigenvalue weighted by Gasteiger charge is 2.07. The fraction of sp³-hybridized carbons (Fsp3) is 0.647. The van der Waals surface area contributed by atoms with Crippen LogP contribution in [0, 0.1) is 6.92 Å². The fourth-order valence-electron chi connectivity index (χ4n) is 2.01. The van der Waals surface area contributed by atoms with Crippen molar-refractivity contribution in [2.75, 3.05) is 33.3 Å². The number of aryl methyl sites for hydroxylation is 1. The summed E-state index contributed by atoms with van der Waals surface area (Å²) < 4.78 is 5.58. The second-order valence-electron chi connectivity index (χ2n) is 5.72. The topological polar surface area (TPSA) is 44.7 Å². The molecule has 0 spiro atoms. The molecule has 0 saturated carbocycles. The monoisotopic (exact) mass is 294 g/mol. The Balaban J connectivity index is 2.13. The van der Waals surface area contributed by atoms with Crippen LogP contribution in [-0.2, 0) is 0 Å². The van der Waals surface area contributed by atoms with Crippen LogP contribution in [0.3, 0.4) is 0 Å². The zero-order valence-electron chi connectivity index (χ0n) is 13.8. The molecule has 2 unspecified atom stereocenters. The first-order valence-corrected chi connectivity index (χ1v) is 7.81. The number of rotatable bonds is 10. The molecule has 1 rings (SSSR count). The van der Waals surface area contributed by atoms with E-state index >= 15 is 0 Å². The molecule has 4 heteroatoms. The highest BCUT2D eigenvalue weighted by Crippen LogP contribution is 2.12. The van der Waals surface area contributed by atoms with Crippen molar-refractivity contribution in [3.05, 3.63) is 29.8 Å². The van der Waals surface area contributed by atoms with Gasteiger partial charge < -0.3 is 20.1 Å². The van der Waals surface area contributed by atoms with Crippen molar-refractivity contribution in [1.82, 2.24) is 10.2 Å². The first kappa shape index (κ1) is 18.0. The molecule has 0 aliphatic heterocycles. The first-order valence-electron chi connectivity index (χ1n) is 7.81. The average molecular weight is 294 g/mol. The van der Waals surface area contributed by atoms with Crippen LogP contribution in [-0.4, -0.2) is 55.4 Å². The normalized spacial score (nSPS) is 14.2. The van der Waals surface area contributed by atoms with Gasteiger partial charge in [-0.05, 0) is 45.0 Å². The number of benzene rings is 1. The summed E-state index contributed by atoms with van der Waals surface area (Å²) in [6.45, 7) is 9.19. The molecule has 0 saturated heterocycles. The highest BCUT2D eigenvalue weighted by atomic mass is 16.5. The van der Waals surface area contributed by atoms with Crippen LogP contribution < -0.4 is 10.1 Å². The third-order valence-electron chi connectivity index (χ3n) is 3.80. The van der Waals surface area contributed by atoms with E-state index in [1.54, 1.807) is 0 Å². The lowest BCUT2D eigenvalue weighted by atomic mass is 10.2. The van der Waals surface area contributed by atoms with Crippen LogP contribution >= 0.6 is 0 Å².